The van der Waals surface area contributed by atoms with Gasteiger partial charge in [-0.2, -0.15) is 0 Å². The topological polar surface area (TPSA) is 60.3 Å². The van der Waals surface area contributed by atoms with E-state index >= 15 is 0 Å². The molecule has 0 aromatic carbocycles. The largest absolute Gasteiger partial charge is 0.452 e. The van der Waals surface area contributed by atoms with E-state index in [1.165, 1.54) is 30.3 Å². The highest BCUT2D eigenvalue weighted by Gasteiger charge is 2.26. The molecule has 1 aliphatic rings. The lowest BCUT2D eigenvalue weighted by molar-refractivity contribution is -0.143. The summed E-state index contributed by atoms with van der Waals surface area (Å²) in [5.41, 5.74) is 3.41. The van der Waals surface area contributed by atoms with Crippen LogP contribution in [0.25, 0.3) is 6.08 Å². The van der Waals surface area contributed by atoms with Gasteiger partial charge in [0.05, 0.1) is 0 Å². The van der Waals surface area contributed by atoms with E-state index in [-0.39, 0.29) is 12.5 Å². The maximum atomic E-state index is 11.8. The number of ether oxygens (including phenoxy) is 1. The van der Waals surface area contributed by atoms with Gasteiger partial charge in [0.15, 0.2) is 6.61 Å². The maximum Gasteiger partial charge on any atom is 0.331 e. The molecule has 0 atom stereocenters. The second-order valence-corrected chi connectivity index (χ2v) is 6.90. The zero-order chi connectivity index (χ0) is 17.7. The molecule has 1 aliphatic carbocycles. The number of aryl methyl sites for hydroxylation is 1. The average Bonchev–Trinajstić information content (AvgIpc) is 3.29. The number of nitrogens with one attached hydrogen (secondary N) is 1. The highest BCUT2D eigenvalue weighted by atomic mass is 16.5. The Bertz CT molecular complexity index is 625. The number of carbonyl (C=O) groups excluding carboxylic acids is 2. The molecule has 0 unspecified atom stereocenters. The first-order chi connectivity index (χ1) is 11.4. The Morgan fingerprint density at radius 3 is 2.71 bits per heavy atom. The Labute approximate surface area is 144 Å². The van der Waals surface area contributed by atoms with Gasteiger partial charge in [-0.1, -0.05) is 13.8 Å². The van der Waals surface area contributed by atoms with Gasteiger partial charge in [-0.05, 0) is 56.7 Å². The third-order valence-electron chi connectivity index (χ3n) is 4.22. The Morgan fingerprint density at radius 2 is 2.08 bits per heavy atom. The van der Waals surface area contributed by atoms with E-state index < -0.39 is 5.97 Å². The van der Waals surface area contributed by atoms with Crippen molar-refractivity contribution in [1.29, 1.82) is 0 Å². The minimum Gasteiger partial charge on any atom is -0.452 e. The maximum absolute atomic E-state index is 11.8. The van der Waals surface area contributed by atoms with Crippen LogP contribution in [-0.4, -0.2) is 29.6 Å². The van der Waals surface area contributed by atoms with Gasteiger partial charge in [-0.3, -0.25) is 4.79 Å². The van der Waals surface area contributed by atoms with Crippen LogP contribution < -0.4 is 5.32 Å². The van der Waals surface area contributed by atoms with Crippen molar-refractivity contribution in [3.05, 3.63) is 29.1 Å². The fraction of sp³-hybridized carbons (Fsp3) is 0.579. The van der Waals surface area contributed by atoms with Crippen molar-refractivity contribution in [2.45, 2.75) is 53.0 Å². The number of nitrogens with zero attached hydrogens (tertiary/aromatic N) is 1. The fourth-order valence-corrected chi connectivity index (χ4v) is 2.76. The van der Waals surface area contributed by atoms with Gasteiger partial charge in [0.1, 0.15) is 0 Å². The highest BCUT2D eigenvalue weighted by Crippen LogP contribution is 2.38. The number of esters is 1. The summed E-state index contributed by atoms with van der Waals surface area (Å²) in [6, 6.07) is 2.70. The van der Waals surface area contributed by atoms with Crippen LogP contribution in [0.3, 0.4) is 0 Å². The Hall–Kier alpha value is -2.04. The first-order valence-electron chi connectivity index (χ1n) is 8.68. The van der Waals surface area contributed by atoms with Crippen molar-refractivity contribution in [1.82, 2.24) is 9.88 Å². The molecule has 1 fully saturated rings. The average molecular weight is 332 g/mol. The molecular formula is C19H28N2O3. The Balaban J connectivity index is 1.79. The summed E-state index contributed by atoms with van der Waals surface area (Å²) in [7, 11) is 0. The van der Waals surface area contributed by atoms with E-state index in [0.717, 1.165) is 12.0 Å². The molecular weight excluding hydrogens is 304 g/mol. The predicted molar refractivity (Wildman–Crippen MR) is 94.6 cm³/mol. The molecule has 1 aromatic heterocycles. The second-order valence-electron chi connectivity index (χ2n) is 6.90. The van der Waals surface area contributed by atoms with Crippen molar-refractivity contribution in [2.75, 3.05) is 13.2 Å². The Kier molecular flexibility index (Phi) is 6.23. The minimum absolute atomic E-state index is 0.234. The molecule has 1 saturated carbocycles. The van der Waals surface area contributed by atoms with Gasteiger partial charge in [-0.15, -0.1) is 0 Å². The van der Waals surface area contributed by atoms with Gasteiger partial charge in [0.25, 0.3) is 5.91 Å². The normalized spacial score (nSPS) is 14.4. The zero-order valence-corrected chi connectivity index (χ0v) is 15.1. The van der Waals surface area contributed by atoms with E-state index in [1.807, 2.05) is 0 Å². The molecule has 0 spiro atoms. The van der Waals surface area contributed by atoms with Gasteiger partial charge < -0.3 is 14.6 Å². The predicted octanol–water partition coefficient (Wildman–Crippen LogP) is 3.16. The molecule has 1 N–H and O–H groups in total. The first kappa shape index (κ1) is 18.3. The van der Waals surface area contributed by atoms with Crippen LogP contribution in [0.5, 0.6) is 0 Å². The van der Waals surface area contributed by atoms with Gasteiger partial charge >= 0.3 is 5.97 Å². The molecule has 0 saturated heterocycles. The molecule has 1 aromatic rings. The molecule has 0 bridgehead atoms. The quantitative estimate of drug-likeness (QED) is 0.587. The lowest BCUT2D eigenvalue weighted by Gasteiger charge is -2.07. The SMILES string of the molecule is Cc1cc(/C=C/C(=O)OCC(=O)NCCC(C)C)c(C)n1C1CC1. The smallest absolute Gasteiger partial charge is 0.331 e. The van der Waals surface area contributed by atoms with E-state index in [2.05, 4.69) is 43.6 Å². The molecule has 0 aliphatic heterocycles. The van der Waals surface area contributed by atoms with Crippen LogP contribution >= 0.6 is 0 Å². The number of hydrogen-bond acceptors (Lipinski definition) is 3. The van der Waals surface area contributed by atoms with E-state index in [0.29, 0.717) is 18.5 Å². The first-order valence-corrected chi connectivity index (χ1v) is 8.68. The fourth-order valence-electron chi connectivity index (χ4n) is 2.76. The van der Waals surface area contributed by atoms with Gasteiger partial charge in [-0.25, -0.2) is 4.79 Å². The molecule has 5 heteroatoms. The number of aromatic nitrogens is 1. The summed E-state index contributed by atoms with van der Waals surface area (Å²) in [5, 5.41) is 2.74. The molecule has 2 rings (SSSR count). The molecule has 24 heavy (non-hydrogen) atoms. The van der Waals surface area contributed by atoms with Gasteiger partial charge in [0.2, 0.25) is 0 Å². The Morgan fingerprint density at radius 1 is 1.38 bits per heavy atom. The number of carbonyl (C=O) groups is 2. The lowest BCUT2D eigenvalue weighted by Crippen LogP contribution is -2.29. The highest BCUT2D eigenvalue weighted by molar-refractivity contribution is 5.89. The summed E-state index contributed by atoms with van der Waals surface area (Å²) in [4.78, 5) is 23.3. The minimum atomic E-state index is -0.495. The van der Waals surface area contributed by atoms with E-state index in [1.54, 1.807) is 6.08 Å². The third-order valence-corrected chi connectivity index (χ3v) is 4.22. The molecule has 1 heterocycles. The lowest BCUT2D eigenvalue weighted by atomic mass is 10.1. The summed E-state index contributed by atoms with van der Waals surface area (Å²) < 4.78 is 7.30. The molecule has 5 nitrogen and oxygen atoms in total. The summed E-state index contributed by atoms with van der Waals surface area (Å²) in [6.07, 6.45) is 6.53. The second kappa shape index (κ2) is 8.18. The van der Waals surface area contributed by atoms with Crippen molar-refractivity contribution in [3.63, 3.8) is 0 Å². The standard InChI is InChI=1S/C19H28N2O3/c1-13(2)9-10-20-18(22)12-24-19(23)8-5-16-11-14(3)21(15(16)4)17-6-7-17/h5,8,11,13,17H,6-7,9-10,12H2,1-4H3,(H,20,22)/b8-5+. The number of hydrogen-bond donors (Lipinski definition) is 1. The van der Waals surface area contributed by atoms with Crippen LogP contribution in [0.1, 0.15) is 56.1 Å². The van der Waals surface area contributed by atoms with Crippen LogP contribution in [0.2, 0.25) is 0 Å². The molecule has 1 amide bonds. The number of rotatable bonds is 8. The van der Waals surface area contributed by atoms with Crippen molar-refractivity contribution < 1.29 is 14.3 Å². The van der Waals surface area contributed by atoms with Crippen LogP contribution in [0.4, 0.5) is 0 Å². The van der Waals surface area contributed by atoms with Crippen LogP contribution in [0, 0.1) is 19.8 Å². The third kappa shape index (κ3) is 5.25. The summed E-state index contributed by atoms with van der Waals surface area (Å²) >= 11 is 0. The van der Waals surface area contributed by atoms with Crippen molar-refractivity contribution >= 4 is 18.0 Å². The zero-order valence-electron chi connectivity index (χ0n) is 15.1. The number of amides is 1. The molecule has 132 valence electrons. The van der Waals surface area contributed by atoms with Crippen LogP contribution in [-0.2, 0) is 14.3 Å². The molecule has 0 radical (unpaired) electrons. The summed E-state index contributed by atoms with van der Waals surface area (Å²) in [5.74, 6) is -0.222. The van der Waals surface area contributed by atoms with Crippen molar-refractivity contribution in [3.8, 4) is 0 Å². The van der Waals surface area contributed by atoms with E-state index in [9.17, 15) is 9.59 Å². The van der Waals surface area contributed by atoms with Gasteiger partial charge in [0, 0.05) is 30.1 Å². The summed E-state index contributed by atoms with van der Waals surface area (Å²) in [6.45, 7) is 8.72. The van der Waals surface area contributed by atoms with Crippen molar-refractivity contribution in [2.24, 2.45) is 5.92 Å². The monoisotopic (exact) mass is 332 g/mol. The van der Waals surface area contributed by atoms with Crippen LogP contribution in [0.15, 0.2) is 12.1 Å². The van der Waals surface area contributed by atoms with E-state index in [4.69, 9.17) is 4.74 Å².